The lowest BCUT2D eigenvalue weighted by Gasteiger charge is -2.15. The summed E-state index contributed by atoms with van der Waals surface area (Å²) in [6.07, 6.45) is -0.234. The Kier molecular flexibility index (Phi) is 2.81. The fourth-order valence-electron chi connectivity index (χ4n) is 1.71. The SMILES string of the molecule is O=C1CC(=O)N(c2c(Cl)cccc2[N+](=O)[O-])C1. The van der Waals surface area contributed by atoms with Crippen LogP contribution in [0.3, 0.4) is 0 Å². The van der Waals surface area contributed by atoms with Crippen molar-refractivity contribution in [3.63, 3.8) is 0 Å². The lowest BCUT2D eigenvalue weighted by molar-refractivity contribution is -0.384. The normalized spacial score (nSPS) is 15.5. The highest BCUT2D eigenvalue weighted by Gasteiger charge is 2.34. The second kappa shape index (κ2) is 4.14. The predicted molar refractivity (Wildman–Crippen MR) is 60.1 cm³/mol. The smallest absolute Gasteiger partial charge is 0.294 e. The van der Waals surface area contributed by atoms with Crippen LogP contribution in [0.4, 0.5) is 11.4 Å². The maximum absolute atomic E-state index is 11.5. The molecule has 7 heteroatoms. The summed E-state index contributed by atoms with van der Waals surface area (Å²) in [5, 5.41) is 10.9. The molecule has 1 aliphatic heterocycles. The average Bonchev–Trinajstić information content (AvgIpc) is 2.57. The predicted octanol–water partition coefficient (Wildman–Crippen LogP) is 1.55. The molecule has 17 heavy (non-hydrogen) atoms. The van der Waals surface area contributed by atoms with Crippen molar-refractivity contribution in [2.45, 2.75) is 6.42 Å². The Labute approximate surface area is 101 Å². The molecular formula is C10H7ClN2O4. The lowest BCUT2D eigenvalue weighted by atomic mass is 10.2. The van der Waals surface area contributed by atoms with Gasteiger partial charge in [0.25, 0.3) is 5.69 Å². The van der Waals surface area contributed by atoms with Crippen molar-refractivity contribution < 1.29 is 14.5 Å². The topological polar surface area (TPSA) is 80.5 Å². The fraction of sp³-hybridized carbons (Fsp3) is 0.200. The van der Waals surface area contributed by atoms with Gasteiger partial charge in [0, 0.05) is 6.07 Å². The van der Waals surface area contributed by atoms with E-state index in [1.807, 2.05) is 0 Å². The first kappa shape index (κ1) is 11.5. The van der Waals surface area contributed by atoms with E-state index in [-0.39, 0.29) is 35.1 Å². The van der Waals surface area contributed by atoms with Crippen LogP contribution in [0.2, 0.25) is 5.02 Å². The first-order chi connectivity index (χ1) is 8.00. The second-order valence-corrected chi connectivity index (χ2v) is 3.97. The van der Waals surface area contributed by atoms with E-state index in [1.165, 1.54) is 18.2 Å². The molecule has 0 spiro atoms. The van der Waals surface area contributed by atoms with Gasteiger partial charge in [0.15, 0.2) is 5.78 Å². The van der Waals surface area contributed by atoms with E-state index < -0.39 is 10.8 Å². The van der Waals surface area contributed by atoms with Crippen LogP contribution in [0, 0.1) is 10.1 Å². The first-order valence-electron chi connectivity index (χ1n) is 4.75. The quantitative estimate of drug-likeness (QED) is 0.456. The zero-order valence-electron chi connectivity index (χ0n) is 8.55. The standard InChI is InChI=1S/C10H7ClN2O4/c11-7-2-1-3-8(13(16)17)10(7)12-5-6(14)4-9(12)15/h1-3H,4-5H2. The van der Waals surface area contributed by atoms with Crippen LogP contribution >= 0.6 is 11.6 Å². The Morgan fingerprint density at radius 2 is 2.06 bits per heavy atom. The number of hydrogen-bond donors (Lipinski definition) is 0. The van der Waals surface area contributed by atoms with E-state index in [9.17, 15) is 19.7 Å². The number of para-hydroxylation sites is 1. The zero-order valence-corrected chi connectivity index (χ0v) is 9.31. The monoisotopic (exact) mass is 254 g/mol. The molecule has 1 saturated heterocycles. The van der Waals surface area contributed by atoms with Gasteiger partial charge in [-0.3, -0.25) is 24.6 Å². The van der Waals surface area contributed by atoms with Gasteiger partial charge in [-0.25, -0.2) is 0 Å². The number of anilines is 1. The van der Waals surface area contributed by atoms with E-state index in [4.69, 9.17) is 11.6 Å². The molecule has 0 N–H and O–H groups in total. The minimum atomic E-state index is -0.628. The van der Waals surface area contributed by atoms with Gasteiger partial charge >= 0.3 is 0 Å². The zero-order chi connectivity index (χ0) is 12.6. The Morgan fingerprint density at radius 3 is 2.59 bits per heavy atom. The molecule has 2 rings (SSSR count). The van der Waals surface area contributed by atoms with Crippen molar-refractivity contribution in [2.75, 3.05) is 11.4 Å². The number of rotatable bonds is 2. The first-order valence-corrected chi connectivity index (χ1v) is 5.13. The largest absolute Gasteiger partial charge is 0.297 e. The summed E-state index contributed by atoms with van der Waals surface area (Å²) < 4.78 is 0. The van der Waals surface area contributed by atoms with Crippen LogP contribution in [-0.4, -0.2) is 23.2 Å². The number of nitro groups is 1. The van der Waals surface area contributed by atoms with Gasteiger partial charge in [-0.15, -0.1) is 0 Å². The lowest BCUT2D eigenvalue weighted by Crippen LogP contribution is -2.25. The van der Waals surface area contributed by atoms with Crippen LogP contribution in [0.5, 0.6) is 0 Å². The molecule has 0 aromatic heterocycles. The molecule has 0 bridgehead atoms. The number of hydrogen-bond acceptors (Lipinski definition) is 4. The van der Waals surface area contributed by atoms with E-state index in [2.05, 4.69) is 0 Å². The maximum atomic E-state index is 11.5. The summed E-state index contributed by atoms with van der Waals surface area (Å²) in [6.45, 7) is -0.163. The number of ketones is 1. The third-order valence-electron chi connectivity index (χ3n) is 2.42. The molecule has 1 aliphatic rings. The Bertz CT molecular complexity index is 529. The van der Waals surface area contributed by atoms with E-state index in [0.29, 0.717) is 0 Å². The van der Waals surface area contributed by atoms with Crippen molar-refractivity contribution in [1.29, 1.82) is 0 Å². The fourth-order valence-corrected chi connectivity index (χ4v) is 1.98. The molecule has 0 unspecified atom stereocenters. The van der Waals surface area contributed by atoms with Crippen molar-refractivity contribution in [3.8, 4) is 0 Å². The molecule has 1 fully saturated rings. The minimum Gasteiger partial charge on any atom is -0.297 e. The van der Waals surface area contributed by atoms with Crippen molar-refractivity contribution in [2.24, 2.45) is 0 Å². The molecule has 6 nitrogen and oxygen atoms in total. The third kappa shape index (κ3) is 1.99. The number of carbonyl (C=O) groups excluding carboxylic acids is 2. The van der Waals surface area contributed by atoms with Crippen LogP contribution in [0.1, 0.15) is 6.42 Å². The summed E-state index contributed by atoms with van der Waals surface area (Å²) in [5.41, 5.74) is -0.282. The van der Waals surface area contributed by atoms with Crippen LogP contribution in [0.15, 0.2) is 18.2 Å². The minimum absolute atomic E-state index is 0.00461. The molecule has 0 radical (unpaired) electrons. The molecule has 1 aromatic rings. The average molecular weight is 255 g/mol. The van der Waals surface area contributed by atoms with Crippen molar-refractivity contribution in [3.05, 3.63) is 33.3 Å². The number of carbonyl (C=O) groups is 2. The van der Waals surface area contributed by atoms with Crippen LogP contribution in [0.25, 0.3) is 0 Å². The van der Waals surface area contributed by atoms with Gasteiger partial charge in [-0.2, -0.15) is 0 Å². The number of benzene rings is 1. The van der Waals surface area contributed by atoms with E-state index >= 15 is 0 Å². The van der Waals surface area contributed by atoms with Gasteiger partial charge < -0.3 is 0 Å². The summed E-state index contributed by atoms with van der Waals surface area (Å²) >= 11 is 5.86. The molecule has 0 atom stereocenters. The van der Waals surface area contributed by atoms with Gasteiger partial charge in [-0.1, -0.05) is 17.7 Å². The Balaban J connectivity index is 2.54. The molecule has 0 aliphatic carbocycles. The molecule has 1 aromatic carbocycles. The van der Waals surface area contributed by atoms with E-state index in [0.717, 1.165) is 4.90 Å². The second-order valence-electron chi connectivity index (χ2n) is 3.56. The molecule has 0 saturated carbocycles. The molecule has 88 valence electrons. The molecular weight excluding hydrogens is 248 g/mol. The number of amides is 1. The third-order valence-corrected chi connectivity index (χ3v) is 2.72. The summed E-state index contributed by atoms with van der Waals surface area (Å²) in [6, 6.07) is 4.11. The molecule has 1 heterocycles. The summed E-state index contributed by atoms with van der Waals surface area (Å²) in [5.74, 6) is -0.740. The number of nitrogens with zero attached hydrogens (tertiary/aromatic N) is 2. The summed E-state index contributed by atoms with van der Waals surface area (Å²) in [4.78, 5) is 34.0. The maximum Gasteiger partial charge on any atom is 0.294 e. The number of nitro benzene ring substituents is 1. The number of Topliss-reactive ketones (excluding diaryl/α,β-unsaturated/α-hetero) is 1. The highest BCUT2D eigenvalue weighted by Crippen LogP contribution is 2.36. The van der Waals surface area contributed by atoms with Gasteiger partial charge in [0.1, 0.15) is 5.69 Å². The van der Waals surface area contributed by atoms with E-state index in [1.54, 1.807) is 0 Å². The Morgan fingerprint density at radius 1 is 1.35 bits per heavy atom. The number of halogens is 1. The van der Waals surface area contributed by atoms with Crippen molar-refractivity contribution in [1.82, 2.24) is 0 Å². The summed E-state index contributed by atoms with van der Waals surface area (Å²) in [7, 11) is 0. The van der Waals surface area contributed by atoms with Gasteiger partial charge in [0.2, 0.25) is 5.91 Å². The Hall–Kier alpha value is -1.95. The molecule has 1 amide bonds. The van der Waals surface area contributed by atoms with Gasteiger partial charge in [0.05, 0.1) is 22.9 Å². The van der Waals surface area contributed by atoms with Crippen LogP contribution in [-0.2, 0) is 9.59 Å². The highest BCUT2D eigenvalue weighted by atomic mass is 35.5. The van der Waals surface area contributed by atoms with Crippen molar-refractivity contribution >= 4 is 34.7 Å². The van der Waals surface area contributed by atoms with Crippen LogP contribution < -0.4 is 4.90 Å². The van der Waals surface area contributed by atoms with Gasteiger partial charge in [-0.05, 0) is 6.07 Å². The highest BCUT2D eigenvalue weighted by molar-refractivity contribution is 6.35.